The molecule has 4 aromatic rings. The van der Waals surface area contributed by atoms with E-state index < -0.39 is 0 Å². The predicted octanol–water partition coefficient (Wildman–Crippen LogP) is 11.2. The van der Waals surface area contributed by atoms with Crippen LogP contribution in [-0.2, 0) is 6.42 Å². The second-order valence-corrected chi connectivity index (χ2v) is 10.8. The van der Waals surface area contributed by atoms with Gasteiger partial charge in [0, 0.05) is 19.8 Å². The van der Waals surface area contributed by atoms with Crippen LogP contribution in [0, 0.1) is 11.8 Å². The van der Waals surface area contributed by atoms with Gasteiger partial charge in [-0.15, -0.1) is 42.4 Å². The normalized spacial score (nSPS) is 10.0. The van der Waals surface area contributed by atoms with Gasteiger partial charge in [-0.3, -0.25) is 0 Å². The van der Waals surface area contributed by atoms with Gasteiger partial charge in [0.2, 0.25) is 0 Å². The van der Waals surface area contributed by atoms with Crippen molar-refractivity contribution in [2.45, 2.75) is 71.6 Å². The molecule has 2 heterocycles. The molecule has 0 radical (unpaired) electrons. The molecule has 0 amide bonds. The zero-order valence-corrected chi connectivity index (χ0v) is 23.2. The third-order valence-electron chi connectivity index (χ3n) is 5.59. The van der Waals surface area contributed by atoms with Crippen molar-refractivity contribution in [3.63, 3.8) is 0 Å². The smallest absolute Gasteiger partial charge is 0.0784 e. The number of aryl methyl sites for hydroxylation is 1. The average Bonchev–Trinajstić information content (AvgIpc) is 3.47. The van der Waals surface area contributed by atoms with Gasteiger partial charge in [-0.25, -0.2) is 0 Å². The van der Waals surface area contributed by atoms with Crippen molar-refractivity contribution in [1.82, 2.24) is 0 Å². The standard InChI is InChI=1S/C28H30S2.C3H6.C2H4/c1-2-3-4-5-6-7-8-12-15-25-18-23-20-28-24(21-27(23)29-25)19-26(30-28)17-16-22-13-10-9-11-14-22;1-3-2;1-2/h9-11,13-14,18-21H,2-8,12,15H2,1H3;3H,1H2,2H3;1-2H2. The summed E-state index contributed by atoms with van der Waals surface area (Å²) in [5.41, 5.74) is 1.07. The number of thiophene rings is 2. The maximum atomic E-state index is 3.36. The fourth-order valence-electron chi connectivity index (χ4n) is 3.90. The molecule has 0 atom stereocenters. The highest BCUT2D eigenvalue weighted by Gasteiger charge is 2.07. The Labute approximate surface area is 221 Å². The van der Waals surface area contributed by atoms with Crippen LogP contribution in [0.25, 0.3) is 20.2 Å². The molecule has 0 N–H and O–H groups in total. The Morgan fingerprint density at radius 3 is 1.97 bits per heavy atom. The molecule has 35 heavy (non-hydrogen) atoms. The number of unbranched alkanes of at least 4 members (excludes halogenated alkanes) is 7. The lowest BCUT2D eigenvalue weighted by Crippen LogP contribution is -1.83. The van der Waals surface area contributed by atoms with E-state index in [0.29, 0.717) is 0 Å². The summed E-state index contributed by atoms with van der Waals surface area (Å²) in [6, 6.07) is 19.6. The first-order valence-corrected chi connectivity index (χ1v) is 14.5. The summed E-state index contributed by atoms with van der Waals surface area (Å²) in [5.74, 6) is 6.61. The van der Waals surface area contributed by atoms with E-state index in [-0.39, 0.29) is 0 Å². The zero-order valence-electron chi connectivity index (χ0n) is 21.6. The largest absolute Gasteiger partial charge is 0.140 e. The molecule has 2 aromatic heterocycles. The topological polar surface area (TPSA) is 0 Å². The van der Waals surface area contributed by atoms with Crippen molar-refractivity contribution >= 4 is 42.8 Å². The van der Waals surface area contributed by atoms with E-state index in [1.54, 1.807) is 17.4 Å². The second kappa shape index (κ2) is 16.9. The van der Waals surface area contributed by atoms with Crippen LogP contribution in [0.1, 0.15) is 80.5 Å². The van der Waals surface area contributed by atoms with Crippen molar-refractivity contribution in [2.24, 2.45) is 0 Å². The molecule has 184 valence electrons. The van der Waals surface area contributed by atoms with E-state index in [0.717, 1.165) is 10.4 Å². The van der Waals surface area contributed by atoms with E-state index >= 15 is 0 Å². The van der Waals surface area contributed by atoms with E-state index in [4.69, 9.17) is 0 Å². The van der Waals surface area contributed by atoms with Gasteiger partial charge in [0.1, 0.15) is 0 Å². The van der Waals surface area contributed by atoms with Gasteiger partial charge in [0.15, 0.2) is 0 Å². The highest BCUT2D eigenvalue weighted by Crippen LogP contribution is 2.34. The Morgan fingerprint density at radius 2 is 1.31 bits per heavy atom. The van der Waals surface area contributed by atoms with Crippen LogP contribution in [0.2, 0.25) is 0 Å². The summed E-state index contributed by atoms with van der Waals surface area (Å²) < 4.78 is 2.76. The number of hydrogen-bond donors (Lipinski definition) is 0. The molecule has 4 rings (SSSR count). The van der Waals surface area contributed by atoms with E-state index in [1.165, 1.54) is 82.8 Å². The van der Waals surface area contributed by atoms with Gasteiger partial charge < -0.3 is 0 Å². The van der Waals surface area contributed by atoms with Gasteiger partial charge in [0.25, 0.3) is 0 Å². The van der Waals surface area contributed by atoms with Crippen molar-refractivity contribution in [3.05, 3.63) is 95.7 Å². The zero-order chi connectivity index (χ0) is 25.3. The van der Waals surface area contributed by atoms with Gasteiger partial charge in [0.05, 0.1) is 4.88 Å². The molecule has 0 spiro atoms. The van der Waals surface area contributed by atoms with Crippen molar-refractivity contribution in [1.29, 1.82) is 0 Å². The first kappa shape index (κ1) is 28.6. The van der Waals surface area contributed by atoms with Crippen LogP contribution in [0.5, 0.6) is 0 Å². The summed E-state index contributed by atoms with van der Waals surface area (Å²) >= 11 is 3.78. The van der Waals surface area contributed by atoms with Crippen LogP contribution in [-0.4, -0.2) is 0 Å². The maximum Gasteiger partial charge on any atom is 0.0784 e. The Morgan fingerprint density at radius 1 is 0.743 bits per heavy atom. The Bertz CT molecular complexity index is 1150. The van der Waals surface area contributed by atoms with Crippen LogP contribution in [0.15, 0.2) is 80.4 Å². The summed E-state index contributed by atoms with van der Waals surface area (Å²) in [4.78, 5) is 2.68. The third-order valence-corrected chi connectivity index (χ3v) is 7.76. The highest BCUT2D eigenvalue weighted by atomic mass is 32.1. The predicted molar refractivity (Wildman–Crippen MR) is 163 cm³/mol. The number of hydrogen-bond acceptors (Lipinski definition) is 2. The molecule has 0 nitrogen and oxygen atoms in total. The number of fused-ring (bicyclic) bond motifs is 2. The molecule has 0 saturated carbocycles. The molecule has 0 aliphatic carbocycles. The quantitative estimate of drug-likeness (QED) is 0.122. The monoisotopic (exact) mass is 500 g/mol. The SMILES string of the molecule is C=C.C=CC.CCCCCCCCCCc1cc2cc3sc(C#Cc4ccccc4)cc3cc2s1. The fraction of sp³-hybridized carbons (Fsp3) is 0.333. The molecule has 0 unspecified atom stereocenters. The molecular weight excluding hydrogens is 460 g/mol. The van der Waals surface area contributed by atoms with Gasteiger partial charge in [-0.1, -0.05) is 88.0 Å². The first-order valence-electron chi connectivity index (χ1n) is 12.8. The van der Waals surface area contributed by atoms with Crippen LogP contribution >= 0.6 is 22.7 Å². The maximum absolute atomic E-state index is 3.36. The molecule has 0 aliphatic heterocycles. The summed E-state index contributed by atoms with van der Waals surface area (Å²) in [5, 5.41) is 2.72. The summed E-state index contributed by atoms with van der Waals surface area (Å²) in [6.45, 7) is 13.5. The van der Waals surface area contributed by atoms with Crippen LogP contribution < -0.4 is 0 Å². The van der Waals surface area contributed by atoms with Crippen LogP contribution in [0.3, 0.4) is 0 Å². The van der Waals surface area contributed by atoms with Crippen molar-refractivity contribution in [3.8, 4) is 11.8 Å². The average molecular weight is 501 g/mol. The van der Waals surface area contributed by atoms with E-state index in [2.05, 4.69) is 74.9 Å². The summed E-state index contributed by atoms with van der Waals surface area (Å²) in [7, 11) is 0. The first-order chi connectivity index (χ1) is 17.2. The van der Waals surface area contributed by atoms with Gasteiger partial charge in [-0.05, 0) is 66.9 Å². The molecule has 0 saturated heterocycles. The lowest BCUT2D eigenvalue weighted by molar-refractivity contribution is 0.576. The number of benzene rings is 2. The molecule has 2 heteroatoms. The molecular formula is C33H40S2. The molecule has 2 aromatic carbocycles. The Hall–Kier alpha value is -2.60. The van der Waals surface area contributed by atoms with Crippen molar-refractivity contribution in [2.75, 3.05) is 0 Å². The minimum atomic E-state index is 1.07. The highest BCUT2D eigenvalue weighted by molar-refractivity contribution is 7.21. The minimum absolute atomic E-state index is 1.07. The van der Waals surface area contributed by atoms with Gasteiger partial charge in [-0.2, -0.15) is 0 Å². The lowest BCUT2D eigenvalue weighted by Gasteiger charge is -2.00. The van der Waals surface area contributed by atoms with Crippen molar-refractivity contribution < 1.29 is 0 Å². The van der Waals surface area contributed by atoms with Gasteiger partial charge >= 0.3 is 0 Å². The lowest BCUT2D eigenvalue weighted by atomic mass is 10.1. The second-order valence-electron chi connectivity index (χ2n) is 8.50. The fourth-order valence-corrected chi connectivity index (χ4v) is 5.98. The Balaban J connectivity index is 0.000000803. The minimum Gasteiger partial charge on any atom is -0.140 e. The third kappa shape index (κ3) is 9.88. The van der Waals surface area contributed by atoms with E-state index in [9.17, 15) is 0 Å². The number of rotatable bonds is 9. The van der Waals surface area contributed by atoms with E-state index in [1.807, 2.05) is 36.5 Å². The Kier molecular flexibility index (Phi) is 13.9. The summed E-state index contributed by atoms with van der Waals surface area (Å²) in [6.07, 6.45) is 14.1. The molecule has 0 aliphatic rings. The number of allylic oxidation sites excluding steroid dienone is 1. The van der Waals surface area contributed by atoms with Crippen LogP contribution in [0.4, 0.5) is 0 Å². The molecule has 0 fully saturated rings. The molecule has 0 bridgehead atoms.